The van der Waals surface area contributed by atoms with Crippen LogP contribution < -0.4 is 16.4 Å². The van der Waals surface area contributed by atoms with Gasteiger partial charge in [0.2, 0.25) is 0 Å². The zero-order valence-electron chi connectivity index (χ0n) is 16.4. The summed E-state index contributed by atoms with van der Waals surface area (Å²) < 4.78 is 39.5. The number of rotatable bonds is 8. The predicted octanol–water partition coefficient (Wildman–Crippen LogP) is 4.32. The SMILES string of the molecule is CCCN(CCC)c1cc(/C(=C/N)C(=N)C(F)(F)F)nc2ccc(N)c(C=N)c12. The van der Waals surface area contributed by atoms with Crippen molar-refractivity contribution in [3.05, 3.63) is 35.7 Å². The van der Waals surface area contributed by atoms with Crippen molar-refractivity contribution < 1.29 is 13.2 Å². The van der Waals surface area contributed by atoms with Crippen molar-refractivity contribution in [3.8, 4) is 0 Å². The number of benzene rings is 1. The number of nitrogen functional groups attached to an aromatic ring is 1. The molecule has 0 unspecified atom stereocenters. The molecule has 0 bridgehead atoms. The second-order valence-electron chi connectivity index (χ2n) is 6.57. The summed E-state index contributed by atoms with van der Waals surface area (Å²) in [5, 5.41) is 15.9. The molecule has 6 N–H and O–H groups in total. The largest absolute Gasteiger partial charge is 0.433 e. The smallest absolute Gasteiger partial charge is 0.404 e. The highest BCUT2D eigenvalue weighted by molar-refractivity contribution is 6.25. The first-order valence-electron chi connectivity index (χ1n) is 9.26. The zero-order valence-corrected chi connectivity index (χ0v) is 16.4. The maximum Gasteiger partial charge on any atom is 0.433 e. The number of halogens is 3. The molecule has 9 heteroatoms. The number of nitrogens with zero attached hydrogens (tertiary/aromatic N) is 2. The number of allylic oxidation sites excluding steroid dienone is 1. The summed E-state index contributed by atoms with van der Waals surface area (Å²) in [6.45, 7) is 5.33. The Hall–Kier alpha value is -3.10. The normalized spacial score (nSPS) is 12.2. The van der Waals surface area contributed by atoms with Crippen LogP contribution in [-0.2, 0) is 0 Å². The van der Waals surface area contributed by atoms with Gasteiger partial charge in [-0.25, -0.2) is 4.98 Å². The molecular weight excluding hydrogens is 381 g/mol. The third kappa shape index (κ3) is 4.49. The van der Waals surface area contributed by atoms with Crippen LogP contribution in [0, 0.1) is 10.8 Å². The lowest BCUT2D eigenvalue weighted by atomic mass is 10.00. The lowest BCUT2D eigenvalue weighted by molar-refractivity contribution is -0.0578. The van der Waals surface area contributed by atoms with Gasteiger partial charge in [-0.1, -0.05) is 13.8 Å². The van der Waals surface area contributed by atoms with Crippen molar-refractivity contribution >= 4 is 39.8 Å². The van der Waals surface area contributed by atoms with Gasteiger partial charge in [-0.05, 0) is 31.0 Å². The van der Waals surface area contributed by atoms with Crippen LogP contribution in [-0.4, -0.2) is 36.2 Å². The number of fused-ring (bicyclic) bond motifs is 1. The van der Waals surface area contributed by atoms with Crippen LogP contribution in [0.15, 0.2) is 24.4 Å². The van der Waals surface area contributed by atoms with Crippen LogP contribution in [0.3, 0.4) is 0 Å². The Bertz CT molecular complexity index is 943. The minimum Gasteiger partial charge on any atom is -0.404 e. The average Bonchev–Trinajstić information content (AvgIpc) is 2.67. The Balaban J connectivity index is 2.87. The van der Waals surface area contributed by atoms with Gasteiger partial charge in [0.15, 0.2) is 0 Å². The number of aromatic nitrogens is 1. The van der Waals surface area contributed by atoms with E-state index in [1.807, 2.05) is 18.7 Å². The van der Waals surface area contributed by atoms with Gasteiger partial charge in [-0.3, -0.25) is 5.41 Å². The van der Waals surface area contributed by atoms with Crippen molar-refractivity contribution in [2.45, 2.75) is 32.9 Å². The first kappa shape index (κ1) is 22.2. The summed E-state index contributed by atoms with van der Waals surface area (Å²) in [4.78, 5) is 6.35. The predicted molar refractivity (Wildman–Crippen MR) is 113 cm³/mol. The molecule has 0 spiro atoms. The number of pyridine rings is 1. The molecule has 0 saturated heterocycles. The molecule has 0 saturated carbocycles. The summed E-state index contributed by atoms with van der Waals surface area (Å²) in [6, 6.07) is 4.67. The Kier molecular flexibility index (Phi) is 6.84. The van der Waals surface area contributed by atoms with E-state index in [1.54, 1.807) is 12.1 Å². The molecule has 1 heterocycles. The highest BCUT2D eigenvalue weighted by atomic mass is 19.4. The highest BCUT2D eigenvalue weighted by Crippen LogP contribution is 2.35. The molecule has 0 atom stereocenters. The van der Waals surface area contributed by atoms with Crippen molar-refractivity contribution in [1.29, 1.82) is 10.8 Å². The molecule has 0 fully saturated rings. The molecule has 1 aromatic carbocycles. The fourth-order valence-electron chi connectivity index (χ4n) is 3.24. The molecule has 0 aliphatic heterocycles. The van der Waals surface area contributed by atoms with Crippen LogP contribution in [0.2, 0.25) is 0 Å². The van der Waals surface area contributed by atoms with E-state index in [0.717, 1.165) is 25.3 Å². The van der Waals surface area contributed by atoms with Crippen molar-refractivity contribution in [1.82, 2.24) is 4.98 Å². The van der Waals surface area contributed by atoms with Crippen LogP contribution in [0.5, 0.6) is 0 Å². The average molecular weight is 406 g/mol. The highest BCUT2D eigenvalue weighted by Gasteiger charge is 2.37. The molecular formula is C20H25F3N6. The Morgan fingerprint density at radius 3 is 2.31 bits per heavy atom. The van der Waals surface area contributed by atoms with E-state index in [4.69, 9.17) is 22.3 Å². The first-order chi connectivity index (χ1) is 13.7. The van der Waals surface area contributed by atoms with Crippen molar-refractivity contribution in [2.24, 2.45) is 5.73 Å². The lowest BCUT2D eigenvalue weighted by Gasteiger charge is -2.27. The van der Waals surface area contributed by atoms with Gasteiger partial charge in [0.1, 0.15) is 5.71 Å². The third-order valence-electron chi connectivity index (χ3n) is 4.50. The van der Waals surface area contributed by atoms with E-state index in [2.05, 4.69) is 4.98 Å². The van der Waals surface area contributed by atoms with E-state index in [1.165, 1.54) is 6.07 Å². The monoisotopic (exact) mass is 406 g/mol. The second kappa shape index (κ2) is 8.93. The van der Waals surface area contributed by atoms with Gasteiger partial charge in [-0.2, -0.15) is 13.2 Å². The number of nitrogens with one attached hydrogen (secondary N) is 2. The minimum atomic E-state index is -4.85. The molecule has 156 valence electrons. The maximum atomic E-state index is 13.2. The topological polar surface area (TPSA) is 116 Å². The second-order valence-corrected chi connectivity index (χ2v) is 6.57. The summed E-state index contributed by atoms with van der Waals surface area (Å²) in [5.74, 6) is 0. The summed E-state index contributed by atoms with van der Waals surface area (Å²) >= 11 is 0. The molecule has 0 aliphatic carbocycles. The van der Waals surface area contributed by atoms with E-state index in [0.29, 0.717) is 40.9 Å². The maximum absolute atomic E-state index is 13.2. The van der Waals surface area contributed by atoms with Gasteiger partial charge in [0.05, 0.1) is 11.2 Å². The fourth-order valence-corrected chi connectivity index (χ4v) is 3.24. The molecule has 2 rings (SSSR count). The molecule has 0 amide bonds. The van der Waals surface area contributed by atoms with Crippen LogP contribution in [0.4, 0.5) is 24.5 Å². The van der Waals surface area contributed by atoms with E-state index in [-0.39, 0.29) is 5.69 Å². The number of anilines is 2. The van der Waals surface area contributed by atoms with Gasteiger partial charge in [0, 0.05) is 53.4 Å². The Morgan fingerprint density at radius 1 is 1.21 bits per heavy atom. The zero-order chi connectivity index (χ0) is 21.8. The summed E-state index contributed by atoms with van der Waals surface area (Å²) in [5.41, 5.74) is 11.2. The van der Waals surface area contributed by atoms with Crippen LogP contribution in [0.1, 0.15) is 37.9 Å². The number of hydrogen-bond acceptors (Lipinski definition) is 6. The molecule has 6 nitrogen and oxygen atoms in total. The quantitative estimate of drug-likeness (QED) is 0.386. The van der Waals surface area contributed by atoms with Gasteiger partial charge in [0.25, 0.3) is 0 Å². The van der Waals surface area contributed by atoms with E-state index >= 15 is 0 Å². The molecule has 2 aromatic rings. The van der Waals surface area contributed by atoms with E-state index < -0.39 is 17.5 Å². The van der Waals surface area contributed by atoms with Crippen molar-refractivity contribution in [2.75, 3.05) is 23.7 Å². The first-order valence-corrected chi connectivity index (χ1v) is 9.26. The molecule has 0 radical (unpaired) electrons. The van der Waals surface area contributed by atoms with Gasteiger partial charge >= 0.3 is 6.18 Å². The van der Waals surface area contributed by atoms with Gasteiger partial charge < -0.3 is 21.8 Å². The number of nitrogens with two attached hydrogens (primary N) is 2. The standard InChI is InChI=1S/C20H25F3N6/c1-3-7-29(8-4-2)17-9-16(13(11-25)19(27)20(21,22)23)28-15-6-5-14(26)12(10-24)18(15)17/h5-6,9-11,24,27H,3-4,7-8,25-26H2,1-2H3/b13-11-,24-10?,27-19?. The van der Waals surface area contributed by atoms with E-state index in [9.17, 15) is 13.2 Å². The van der Waals surface area contributed by atoms with Crippen LogP contribution >= 0.6 is 0 Å². The Labute approximate surface area is 167 Å². The third-order valence-corrected chi connectivity index (χ3v) is 4.50. The number of hydrogen-bond donors (Lipinski definition) is 4. The van der Waals surface area contributed by atoms with Gasteiger partial charge in [-0.15, -0.1) is 0 Å². The Morgan fingerprint density at radius 2 is 1.83 bits per heavy atom. The van der Waals surface area contributed by atoms with Crippen LogP contribution in [0.25, 0.3) is 16.5 Å². The number of alkyl halides is 3. The molecule has 1 aromatic heterocycles. The lowest BCUT2D eigenvalue weighted by Crippen LogP contribution is -2.27. The molecule has 29 heavy (non-hydrogen) atoms. The molecule has 0 aliphatic rings. The fraction of sp³-hybridized carbons (Fsp3) is 0.350. The van der Waals surface area contributed by atoms with Crippen molar-refractivity contribution in [3.63, 3.8) is 0 Å². The summed E-state index contributed by atoms with van der Waals surface area (Å²) in [6.07, 6.45) is -1.34. The summed E-state index contributed by atoms with van der Waals surface area (Å²) in [7, 11) is 0. The minimum absolute atomic E-state index is 0.0461.